The lowest BCUT2D eigenvalue weighted by molar-refractivity contribution is 0.0995. The number of amides is 1. The number of hydrogen-bond acceptors (Lipinski definition) is 3. The van der Waals surface area contributed by atoms with E-state index in [0.29, 0.717) is 12.2 Å². The first-order chi connectivity index (χ1) is 8.70. The zero-order valence-electron chi connectivity index (χ0n) is 10.3. The van der Waals surface area contributed by atoms with Crippen LogP contribution < -0.4 is 5.73 Å². The molecule has 0 unspecified atom stereocenters. The molecule has 2 rings (SSSR count). The van der Waals surface area contributed by atoms with Crippen molar-refractivity contribution in [2.75, 3.05) is 0 Å². The van der Waals surface area contributed by atoms with Crippen molar-refractivity contribution in [3.63, 3.8) is 0 Å². The minimum Gasteiger partial charge on any atom is -0.364 e. The smallest absolute Gasteiger partial charge is 0.269 e. The summed E-state index contributed by atoms with van der Waals surface area (Å²) >= 11 is 0. The molecule has 0 aromatic carbocycles. The van der Waals surface area contributed by atoms with Gasteiger partial charge in [-0.25, -0.2) is 0 Å². The van der Waals surface area contributed by atoms with E-state index in [0.717, 1.165) is 24.2 Å². The summed E-state index contributed by atoms with van der Waals surface area (Å²) < 4.78 is 1.80. The van der Waals surface area contributed by atoms with Gasteiger partial charge in [0.1, 0.15) is 5.69 Å². The highest BCUT2D eigenvalue weighted by molar-refractivity contribution is 5.90. The Balaban J connectivity index is 2.28. The Kier molecular flexibility index (Phi) is 3.72. The van der Waals surface area contributed by atoms with Crippen LogP contribution in [0.15, 0.2) is 30.5 Å². The lowest BCUT2D eigenvalue weighted by atomic mass is 10.2. The molecule has 0 aliphatic carbocycles. The van der Waals surface area contributed by atoms with Crippen LogP contribution in [-0.2, 0) is 13.0 Å². The van der Waals surface area contributed by atoms with E-state index in [1.165, 1.54) is 0 Å². The quantitative estimate of drug-likeness (QED) is 0.863. The van der Waals surface area contributed by atoms with Crippen LogP contribution in [0.4, 0.5) is 0 Å². The Morgan fingerprint density at radius 2 is 2.28 bits per heavy atom. The summed E-state index contributed by atoms with van der Waals surface area (Å²) in [6.45, 7) is 2.64. The third kappa shape index (κ3) is 2.74. The van der Waals surface area contributed by atoms with Gasteiger partial charge >= 0.3 is 0 Å². The van der Waals surface area contributed by atoms with Crippen LogP contribution in [0.1, 0.15) is 35.2 Å². The number of carbonyl (C=O) groups is 1. The number of nitrogens with two attached hydrogens (primary N) is 1. The van der Waals surface area contributed by atoms with Gasteiger partial charge in [-0.2, -0.15) is 5.10 Å². The van der Waals surface area contributed by atoms with Crippen LogP contribution >= 0.6 is 0 Å². The van der Waals surface area contributed by atoms with Crippen molar-refractivity contribution in [1.82, 2.24) is 14.8 Å². The van der Waals surface area contributed by atoms with E-state index in [-0.39, 0.29) is 0 Å². The van der Waals surface area contributed by atoms with Crippen molar-refractivity contribution in [3.05, 3.63) is 47.5 Å². The molecule has 0 aliphatic rings. The molecule has 2 N–H and O–H groups in total. The zero-order valence-corrected chi connectivity index (χ0v) is 10.3. The highest BCUT2D eigenvalue weighted by Gasteiger charge is 2.11. The van der Waals surface area contributed by atoms with Gasteiger partial charge in [-0.05, 0) is 24.6 Å². The third-order valence-corrected chi connectivity index (χ3v) is 2.66. The highest BCUT2D eigenvalue weighted by Crippen LogP contribution is 2.09. The van der Waals surface area contributed by atoms with Crippen molar-refractivity contribution >= 4 is 5.91 Å². The minimum atomic E-state index is -0.493. The maximum absolute atomic E-state index is 11.2. The lowest BCUT2D eigenvalue weighted by Crippen LogP contribution is -2.13. The zero-order chi connectivity index (χ0) is 13.0. The highest BCUT2D eigenvalue weighted by atomic mass is 16.1. The first-order valence-electron chi connectivity index (χ1n) is 5.97. The van der Waals surface area contributed by atoms with Crippen LogP contribution in [0.2, 0.25) is 0 Å². The molecule has 0 bridgehead atoms. The number of hydrogen-bond donors (Lipinski definition) is 1. The monoisotopic (exact) mass is 244 g/mol. The molecule has 2 heterocycles. The minimum absolute atomic E-state index is 0.314. The van der Waals surface area contributed by atoms with Gasteiger partial charge in [-0.1, -0.05) is 19.4 Å². The van der Waals surface area contributed by atoms with Crippen LogP contribution in [-0.4, -0.2) is 20.7 Å². The van der Waals surface area contributed by atoms with Gasteiger partial charge in [-0.15, -0.1) is 0 Å². The standard InChI is InChI=1S/C13H16N4O/c1-2-5-11-8-12(13(14)18)16-17(11)9-10-6-3-4-7-15-10/h3-4,6-8H,2,5,9H2,1H3,(H2,14,18). The Morgan fingerprint density at radius 3 is 2.89 bits per heavy atom. The third-order valence-electron chi connectivity index (χ3n) is 2.66. The van der Waals surface area contributed by atoms with Gasteiger partial charge in [0.15, 0.2) is 0 Å². The van der Waals surface area contributed by atoms with E-state index in [1.54, 1.807) is 16.9 Å². The van der Waals surface area contributed by atoms with Gasteiger partial charge in [-0.3, -0.25) is 14.5 Å². The Morgan fingerprint density at radius 1 is 1.44 bits per heavy atom. The first-order valence-corrected chi connectivity index (χ1v) is 5.97. The van der Waals surface area contributed by atoms with E-state index in [2.05, 4.69) is 17.0 Å². The predicted molar refractivity (Wildman–Crippen MR) is 68.1 cm³/mol. The van der Waals surface area contributed by atoms with Crippen LogP contribution in [0, 0.1) is 0 Å². The fraction of sp³-hybridized carbons (Fsp3) is 0.308. The van der Waals surface area contributed by atoms with Crippen molar-refractivity contribution in [1.29, 1.82) is 0 Å². The summed E-state index contributed by atoms with van der Waals surface area (Å²) in [4.78, 5) is 15.4. The summed E-state index contributed by atoms with van der Waals surface area (Å²) in [5.74, 6) is -0.493. The fourth-order valence-electron chi connectivity index (χ4n) is 1.82. The molecule has 0 atom stereocenters. The molecule has 2 aromatic rings. The second kappa shape index (κ2) is 5.44. The van der Waals surface area contributed by atoms with E-state index in [4.69, 9.17) is 5.73 Å². The maximum Gasteiger partial charge on any atom is 0.269 e. The normalized spacial score (nSPS) is 10.5. The molecule has 5 heteroatoms. The average molecular weight is 244 g/mol. The van der Waals surface area contributed by atoms with Crippen LogP contribution in [0.5, 0.6) is 0 Å². The molecule has 0 spiro atoms. The Labute approximate surface area is 106 Å². The van der Waals surface area contributed by atoms with Crippen LogP contribution in [0.25, 0.3) is 0 Å². The van der Waals surface area contributed by atoms with E-state index in [1.807, 2.05) is 18.2 Å². The largest absolute Gasteiger partial charge is 0.364 e. The van der Waals surface area contributed by atoms with Gasteiger partial charge in [0.25, 0.3) is 5.91 Å². The number of nitrogens with zero attached hydrogens (tertiary/aromatic N) is 3. The molecule has 0 radical (unpaired) electrons. The number of aromatic nitrogens is 3. The molecular weight excluding hydrogens is 228 g/mol. The Hall–Kier alpha value is -2.17. The summed E-state index contributed by atoms with van der Waals surface area (Å²) in [6.07, 6.45) is 3.60. The summed E-state index contributed by atoms with van der Waals surface area (Å²) in [5.41, 5.74) is 7.49. The van der Waals surface area contributed by atoms with Crippen molar-refractivity contribution in [3.8, 4) is 0 Å². The first kappa shape index (κ1) is 12.3. The van der Waals surface area contributed by atoms with Crippen molar-refractivity contribution in [2.45, 2.75) is 26.3 Å². The number of rotatable bonds is 5. The molecular formula is C13H16N4O. The lowest BCUT2D eigenvalue weighted by Gasteiger charge is -2.05. The molecule has 1 amide bonds. The molecule has 0 aliphatic heterocycles. The molecule has 18 heavy (non-hydrogen) atoms. The van der Waals surface area contributed by atoms with E-state index >= 15 is 0 Å². The molecule has 94 valence electrons. The predicted octanol–water partition coefficient (Wildman–Crippen LogP) is 1.38. The topological polar surface area (TPSA) is 73.8 Å². The Bertz CT molecular complexity index is 533. The molecule has 0 saturated carbocycles. The summed E-state index contributed by atoms with van der Waals surface area (Å²) in [6, 6.07) is 7.49. The average Bonchev–Trinajstić information content (AvgIpc) is 2.75. The van der Waals surface area contributed by atoms with Gasteiger partial charge in [0, 0.05) is 11.9 Å². The molecule has 5 nitrogen and oxygen atoms in total. The van der Waals surface area contributed by atoms with Crippen molar-refractivity contribution in [2.24, 2.45) is 5.73 Å². The molecule has 2 aromatic heterocycles. The summed E-state index contributed by atoms with van der Waals surface area (Å²) in [7, 11) is 0. The molecule has 0 fully saturated rings. The van der Waals surface area contributed by atoms with E-state index in [9.17, 15) is 4.79 Å². The van der Waals surface area contributed by atoms with Crippen LogP contribution in [0.3, 0.4) is 0 Å². The van der Waals surface area contributed by atoms with E-state index < -0.39 is 5.91 Å². The van der Waals surface area contributed by atoms with Gasteiger partial charge in [0.05, 0.1) is 12.2 Å². The second-order valence-electron chi connectivity index (χ2n) is 4.11. The van der Waals surface area contributed by atoms with Gasteiger partial charge in [0.2, 0.25) is 0 Å². The van der Waals surface area contributed by atoms with Crippen molar-refractivity contribution < 1.29 is 4.79 Å². The fourth-order valence-corrected chi connectivity index (χ4v) is 1.82. The second-order valence-corrected chi connectivity index (χ2v) is 4.11. The number of carbonyl (C=O) groups excluding carboxylic acids is 1. The molecule has 0 saturated heterocycles. The SMILES string of the molecule is CCCc1cc(C(N)=O)nn1Cc1ccccn1. The number of aryl methyl sites for hydroxylation is 1. The van der Waals surface area contributed by atoms with Gasteiger partial charge < -0.3 is 5.73 Å². The maximum atomic E-state index is 11.2. The number of pyridine rings is 1. The summed E-state index contributed by atoms with van der Waals surface area (Å²) in [5, 5.41) is 4.23. The number of primary amides is 1.